The zero-order valence-electron chi connectivity index (χ0n) is 12.9. The van der Waals surface area contributed by atoms with Crippen LogP contribution < -0.4 is 15.4 Å². The Hall–Kier alpha value is -2.22. The maximum Gasteiger partial charge on any atom is 0.320 e. The van der Waals surface area contributed by atoms with Gasteiger partial charge in [0.05, 0.1) is 0 Å². The molecular formula is C15H20F2N4O2. The van der Waals surface area contributed by atoms with Gasteiger partial charge in [0, 0.05) is 31.3 Å². The number of nitrogens with one attached hydrogen (secondary N) is 2. The van der Waals surface area contributed by atoms with Crippen LogP contribution in [0.25, 0.3) is 0 Å². The highest BCUT2D eigenvalue weighted by atomic mass is 19.3. The number of anilines is 1. The van der Waals surface area contributed by atoms with Gasteiger partial charge in [0.2, 0.25) is 5.88 Å². The smallest absolute Gasteiger partial charge is 0.320 e. The van der Waals surface area contributed by atoms with Gasteiger partial charge in [-0.05, 0) is 19.5 Å². The van der Waals surface area contributed by atoms with E-state index in [9.17, 15) is 13.6 Å². The van der Waals surface area contributed by atoms with Crippen LogP contribution in [0.4, 0.5) is 19.4 Å². The van der Waals surface area contributed by atoms with Crippen molar-refractivity contribution in [3.05, 3.63) is 30.4 Å². The molecule has 126 valence electrons. The number of likely N-dealkylation sites (tertiary alicyclic amines) is 1. The third-order valence-electron chi connectivity index (χ3n) is 3.27. The number of nitrogens with zero attached hydrogens (tertiary/aromatic N) is 2. The fourth-order valence-corrected chi connectivity index (χ4v) is 2.11. The van der Waals surface area contributed by atoms with Crippen LogP contribution >= 0.6 is 0 Å². The van der Waals surface area contributed by atoms with Crippen LogP contribution in [0.3, 0.4) is 0 Å². The third kappa shape index (κ3) is 5.17. The molecule has 8 heteroatoms. The molecule has 1 aromatic heterocycles. The average molecular weight is 326 g/mol. The zero-order chi connectivity index (χ0) is 16.8. The van der Waals surface area contributed by atoms with Crippen molar-refractivity contribution in [1.82, 2.24) is 15.2 Å². The van der Waals surface area contributed by atoms with Crippen molar-refractivity contribution in [2.24, 2.45) is 0 Å². The monoisotopic (exact) mass is 326 g/mol. The first-order chi connectivity index (χ1) is 11.0. The number of pyridine rings is 1. The van der Waals surface area contributed by atoms with Crippen molar-refractivity contribution in [2.75, 3.05) is 32.0 Å². The van der Waals surface area contributed by atoms with E-state index in [1.807, 2.05) is 11.9 Å². The van der Waals surface area contributed by atoms with Gasteiger partial charge in [-0.2, -0.15) is 4.98 Å². The molecule has 2 N–H and O–H groups in total. The largest absolute Gasteiger partial charge is 0.472 e. The Labute approximate surface area is 133 Å². The molecule has 0 spiro atoms. The number of carbonyl (C=O) groups excluding carboxylic acids is 1. The summed E-state index contributed by atoms with van der Waals surface area (Å²) in [7, 11) is 1.93. The van der Waals surface area contributed by atoms with E-state index >= 15 is 0 Å². The van der Waals surface area contributed by atoms with Crippen molar-refractivity contribution in [2.45, 2.75) is 19.0 Å². The third-order valence-corrected chi connectivity index (χ3v) is 3.27. The molecule has 2 heterocycles. The maximum atomic E-state index is 13.0. The fraction of sp³-hybridized carbons (Fsp3) is 0.467. The molecule has 0 bridgehead atoms. The molecule has 6 nitrogen and oxygen atoms in total. The van der Waals surface area contributed by atoms with E-state index in [4.69, 9.17) is 4.74 Å². The van der Waals surface area contributed by atoms with Gasteiger partial charge in [-0.15, -0.1) is 6.58 Å². The number of halogens is 2. The number of carbonyl (C=O) groups is 1. The van der Waals surface area contributed by atoms with Crippen LogP contribution in [0.1, 0.15) is 18.4 Å². The molecule has 0 radical (unpaired) electrons. The van der Waals surface area contributed by atoms with Gasteiger partial charge < -0.3 is 10.1 Å². The van der Waals surface area contributed by atoms with Gasteiger partial charge in [0.1, 0.15) is 11.9 Å². The lowest BCUT2D eigenvalue weighted by Crippen LogP contribution is -2.51. The molecule has 0 aromatic carbocycles. The SMILES string of the molecule is C=CCCNC(=O)Nc1cc(C(F)F)cc(OC2CN(C)C2)n1. The highest BCUT2D eigenvalue weighted by Crippen LogP contribution is 2.26. The molecule has 23 heavy (non-hydrogen) atoms. The Bertz CT molecular complexity index is 562. The summed E-state index contributed by atoms with van der Waals surface area (Å²) in [5, 5.41) is 5.01. The fourth-order valence-electron chi connectivity index (χ4n) is 2.11. The molecule has 1 aliphatic heterocycles. The van der Waals surface area contributed by atoms with E-state index in [2.05, 4.69) is 22.2 Å². The average Bonchev–Trinajstić information content (AvgIpc) is 2.45. The Kier molecular flexibility index (Phi) is 5.86. The molecule has 1 fully saturated rings. The van der Waals surface area contributed by atoms with Crippen LogP contribution in [0.5, 0.6) is 5.88 Å². The van der Waals surface area contributed by atoms with E-state index in [0.29, 0.717) is 26.1 Å². The molecule has 0 unspecified atom stereocenters. The minimum Gasteiger partial charge on any atom is -0.472 e. The number of urea groups is 1. The lowest BCUT2D eigenvalue weighted by molar-refractivity contribution is 0.0353. The first kappa shape index (κ1) is 17.1. The summed E-state index contributed by atoms with van der Waals surface area (Å²) in [6.07, 6.45) is -0.470. The molecule has 0 aliphatic carbocycles. The van der Waals surface area contributed by atoms with Crippen molar-refractivity contribution in [3.63, 3.8) is 0 Å². The lowest BCUT2D eigenvalue weighted by atomic mass is 10.2. The van der Waals surface area contributed by atoms with Crippen molar-refractivity contribution >= 4 is 11.8 Å². The summed E-state index contributed by atoms with van der Waals surface area (Å²) in [6, 6.07) is 1.82. The van der Waals surface area contributed by atoms with Crippen LogP contribution in [0.2, 0.25) is 0 Å². The summed E-state index contributed by atoms with van der Waals surface area (Å²) < 4.78 is 31.5. The molecule has 2 rings (SSSR count). The number of rotatable bonds is 7. The Morgan fingerprint density at radius 3 is 2.91 bits per heavy atom. The number of aromatic nitrogens is 1. The highest BCUT2D eigenvalue weighted by Gasteiger charge is 2.26. The minimum atomic E-state index is -2.67. The van der Waals surface area contributed by atoms with Crippen LogP contribution in [0, 0.1) is 0 Å². The second kappa shape index (κ2) is 7.87. The number of hydrogen-bond donors (Lipinski definition) is 2. The standard InChI is InChI=1S/C15H20F2N4O2/c1-3-4-5-18-15(22)20-12-6-10(14(16)17)7-13(19-12)23-11-8-21(2)9-11/h3,6-7,11,14H,1,4-5,8-9H2,2H3,(H2,18,19,20,22). The first-order valence-corrected chi connectivity index (χ1v) is 7.29. The number of hydrogen-bond acceptors (Lipinski definition) is 4. The predicted octanol–water partition coefficient (Wildman–Crippen LogP) is 2.41. The Morgan fingerprint density at radius 2 is 2.30 bits per heavy atom. The van der Waals surface area contributed by atoms with Gasteiger partial charge >= 0.3 is 6.03 Å². The van der Waals surface area contributed by atoms with Gasteiger partial charge in [-0.25, -0.2) is 13.6 Å². The van der Waals surface area contributed by atoms with Crippen LogP contribution in [0.15, 0.2) is 24.8 Å². The minimum absolute atomic E-state index is 0.0292. The molecule has 1 saturated heterocycles. The predicted molar refractivity (Wildman–Crippen MR) is 82.9 cm³/mol. The zero-order valence-corrected chi connectivity index (χ0v) is 12.9. The van der Waals surface area contributed by atoms with E-state index in [-0.39, 0.29) is 23.4 Å². The quantitative estimate of drug-likeness (QED) is 0.596. The number of likely N-dealkylation sites (N-methyl/N-ethyl adjacent to an activating group) is 1. The molecule has 2 amide bonds. The van der Waals surface area contributed by atoms with Gasteiger partial charge in [-0.1, -0.05) is 6.08 Å². The summed E-state index contributed by atoms with van der Waals surface area (Å²) in [5.74, 6) is 0.115. The number of amides is 2. The van der Waals surface area contributed by atoms with E-state index < -0.39 is 12.5 Å². The molecule has 0 atom stereocenters. The summed E-state index contributed by atoms with van der Waals surface area (Å²) >= 11 is 0. The van der Waals surface area contributed by atoms with E-state index in [0.717, 1.165) is 6.07 Å². The van der Waals surface area contributed by atoms with Crippen molar-refractivity contribution in [1.29, 1.82) is 0 Å². The summed E-state index contributed by atoms with van der Waals surface area (Å²) in [4.78, 5) is 17.8. The number of alkyl halides is 2. The molecule has 0 saturated carbocycles. The molecule has 1 aliphatic rings. The second-order valence-corrected chi connectivity index (χ2v) is 5.34. The van der Waals surface area contributed by atoms with Gasteiger partial charge in [0.25, 0.3) is 6.43 Å². The van der Waals surface area contributed by atoms with Gasteiger partial charge in [0.15, 0.2) is 0 Å². The Balaban J connectivity index is 2.03. The second-order valence-electron chi connectivity index (χ2n) is 5.34. The van der Waals surface area contributed by atoms with Gasteiger partial charge in [-0.3, -0.25) is 10.2 Å². The van der Waals surface area contributed by atoms with Crippen LogP contribution in [-0.4, -0.2) is 48.7 Å². The first-order valence-electron chi connectivity index (χ1n) is 7.29. The lowest BCUT2D eigenvalue weighted by Gasteiger charge is -2.35. The van der Waals surface area contributed by atoms with Crippen molar-refractivity contribution in [3.8, 4) is 5.88 Å². The van der Waals surface area contributed by atoms with E-state index in [1.54, 1.807) is 6.08 Å². The van der Waals surface area contributed by atoms with Crippen LogP contribution in [-0.2, 0) is 0 Å². The molecule has 1 aromatic rings. The molecular weight excluding hydrogens is 306 g/mol. The maximum absolute atomic E-state index is 13.0. The summed E-state index contributed by atoms with van der Waals surface area (Å²) in [6.45, 7) is 5.37. The highest BCUT2D eigenvalue weighted by molar-refractivity contribution is 5.88. The Morgan fingerprint density at radius 1 is 1.57 bits per heavy atom. The normalized spacial score (nSPS) is 15.1. The number of ether oxygens (including phenoxy) is 1. The van der Waals surface area contributed by atoms with Crippen molar-refractivity contribution < 1.29 is 18.3 Å². The summed E-state index contributed by atoms with van der Waals surface area (Å²) in [5.41, 5.74) is -0.246. The topological polar surface area (TPSA) is 66.5 Å². The van der Waals surface area contributed by atoms with E-state index in [1.165, 1.54) is 6.07 Å².